The van der Waals surface area contributed by atoms with Gasteiger partial charge < -0.3 is 5.32 Å². The molecule has 0 saturated heterocycles. The van der Waals surface area contributed by atoms with Gasteiger partial charge in [-0.1, -0.05) is 13.8 Å². The Kier molecular flexibility index (Phi) is 2.02. The van der Waals surface area contributed by atoms with E-state index in [1.54, 1.807) is 0 Å². The molecule has 1 aliphatic carbocycles. The second-order valence-electron chi connectivity index (χ2n) is 4.92. The summed E-state index contributed by atoms with van der Waals surface area (Å²) < 4.78 is 0. The highest BCUT2D eigenvalue weighted by atomic mass is 15.0. The number of aromatic nitrogens is 2. The first-order chi connectivity index (χ1) is 7.25. The quantitative estimate of drug-likeness (QED) is 0.799. The molecule has 1 N–H and O–H groups in total. The number of nitrogens with one attached hydrogen (secondary N) is 1. The molecule has 1 saturated carbocycles. The fourth-order valence-corrected chi connectivity index (χ4v) is 2.17. The van der Waals surface area contributed by atoms with Crippen molar-refractivity contribution in [1.82, 2.24) is 15.3 Å². The molecular formula is C12H17N3. The molecule has 0 aromatic carbocycles. The van der Waals surface area contributed by atoms with Gasteiger partial charge in [-0.25, -0.2) is 9.97 Å². The summed E-state index contributed by atoms with van der Waals surface area (Å²) in [4.78, 5) is 9.40. The lowest BCUT2D eigenvalue weighted by Crippen LogP contribution is -2.06. The van der Waals surface area contributed by atoms with Gasteiger partial charge in [-0.05, 0) is 12.8 Å². The first kappa shape index (κ1) is 9.28. The number of nitrogens with zero attached hydrogens (tertiary/aromatic N) is 2. The number of fused-ring (bicyclic) bond motifs is 1. The van der Waals surface area contributed by atoms with Crippen molar-refractivity contribution in [3.63, 3.8) is 0 Å². The molecule has 0 amide bonds. The van der Waals surface area contributed by atoms with Crippen molar-refractivity contribution in [3.8, 4) is 0 Å². The third-order valence-corrected chi connectivity index (χ3v) is 3.22. The predicted octanol–water partition coefficient (Wildman–Crippen LogP) is 2.08. The van der Waals surface area contributed by atoms with E-state index in [2.05, 4.69) is 24.1 Å². The zero-order chi connectivity index (χ0) is 10.4. The molecule has 3 rings (SSSR count). The Morgan fingerprint density at radius 1 is 1.20 bits per heavy atom. The molecule has 0 bridgehead atoms. The molecule has 1 fully saturated rings. The molecule has 3 nitrogen and oxygen atoms in total. The summed E-state index contributed by atoms with van der Waals surface area (Å²) in [6.45, 7) is 6.23. The first-order valence-electron chi connectivity index (χ1n) is 5.86. The van der Waals surface area contributed by atoms with Crippen molar-refractivity contribution < 1.29 is 0 Å². The van der Waals surface area contributed by atoms with Crippen LogP contribution in [0.5, 0.6) is 0 Å². The lowest BCUT2D eigenvalue weighted by atomic mass is 10.1. The summed E-state index contributed by atoms with van der Waals surface area (Å²) in [5.74, 6) is 2.20. The summed E-state index contributed by atoms with van der Waals surface area (Å²) in [5, 5.41) is 3.37. The van der Waals surface area contributed by atoms with Crippen LogP contribution in [0.2, 0.25) is 0 Å². The van der Waals surface area contributed by atoms with E-state index in [4.69, 9.17) is 4.98 Å². The highest BCUT2D eigenvalue weighted by Gasteiger charge is 2.31. The second kappa shape index (κ2) is 3.27. The van der Waals surface area contributed by atoms with Crippen molar-refractivity contribution in [3.05, 3.63) is 22.8 Å². The van der Waals surface area contributed by atoms with Gasteiger partial charge in [0.2, 0.25) is 0 Å². The summed E-state index contributed by atoms with van der Waals surface area (Å²) in [7, 11) is 0. The summed E-state index contributed by atoms with van der Waals surface area (Å²) in [5.41, 5.74) is 3.98. The van der Waals surface area contributed by atoms with Crippen LogP contribution < -0.4 is 5.32 Å². The van der Waals surface area contributed by atoms with E-state index in [0.717, 1.165) is 24.8 Å². The van der Waals surface area contributed by atoms with Crippen LogP contribution in [0.15, 0.2) is 0 Å². The predicted molar refractivity (Wildman–Crippen MR) is 58.6 cm³/mol. The van der Waals surface area contributed by atoms with Gasteiger partial charge in [-0.2, -0.15) is 0 Å². The summed E-state index contributed by atoms with van der Waals surface area (Å²) in [6.07, 6.45) is 2.64. The van der Waals surface area contributed by atoms with Crippen molar-refractivity contribution in [2.45, 2.75) is 51.6 Å². The van der Waals surface area contributed by atoms with Crippen molar-refractivity contribution in [1.29, 1.82) is 0 Å². The minimum Gasteiger partial charge on any atom is -0.307 e. The Morgan fingerprint density at radius 2 is 2.00 bits per heavy atom. The van der Waals surface area contributed by atoms with Gasteiger partial charge in [-0.3, -0.25) is 0 Å². The van der Waals surface area contributed by atoms with E-state index in [0.29, 0.717) is 5.92 Å². The zero-order valence-corrected chi connectivity index (χ0v) is 9.38. The van der Waals surface area contributed by atoms with Gasteiger partial charge in [0.05, 0.1) is 11.4 Å². The van der Waals surface area contributed by atoms with Crippen LogP contribution in [0.25, 0.3) is 0 Å². The molecule has 0 atom stereocenters. The van der Waals surface area contributed by atoms with Gasteiger partial charge in [-0.15, -0.1) is 0 Å². The Balaban J connectivity index is 2.10. The third kappa shape index (κ3) is 1.55. The van der Waals surface area contributed by atoms with Crippen LogP contribution in [0, 0.1) is 0 Å². The topological polar surface area (TPSA) is 37.8 Å². The van der Waals surface area contributed by atoms with Gasteiger partial charge >= 0.3 is 0 Å². The summed E-state index contributed by atoms with van der Waals surface area (Å²) in [6, 6.07) is 0. The van der Waals surface area contributed by atoms with Crippen LogP contribution in [0.3, 0.4) is 0 Å². The SMILES string of the molecule is CC(C)c1nc2c(c(C3CC3)n1)CNC2. The Bertz CT molecular complexity index is 394. The third-order valence-electron chi connectivity index (χ3n) is 3.22. The van der Waals surface area contributed by atoms with Crippen LogP contribution in [-0.2, 0) is 13.1 Å². The van der Waals surface area contributed by atoms with E-state index >= 15 is 0 Å². The zero-order valence-electron chi connectivity index (χ0n) is 9.38. The maximum Gasteiger partial charge on any atom is 0.131 e. The van der Waals surface area contributed by atoms with Gasteiger partial charge in [0.1, 0.15) is 5.82 Å². The Labute approximate surface area is 90.3 Å². The van der Waals surface area contributed by atoms with E-state index < -0.39 is 0 Å². The number of hydrogen-bond acceptors (Lipinski definition) is 3. The van der Waals surface area contributed by atoms with Crippen molar-refractivity contribution in [2.24, 2.45) is 0 Å². The minimum atomic E-state index is 0.438. The van der Waals surface area contributed by atoms with Crippen molar-refractivity contribution in [2.75, 3.05) is 0 Å². The second-order valence-corrected chi connectivity index (χ2v) is 4.92. The van der Waals surface area contributed by atoms with Gasteiger partial charge in [0.25, 0.3) is 0 Å². The number of rotatable bonds is 2. The molecular weight excluding hydrogens is 186 g/mol. The Hall–Kier alpha value is -0.960. The van der Waals surface area contributed by atoms with Crippen molar-refractivity contribution >= 4 is 0 Å². The van der Waals surface area contributed by atoms with Crippen LogP contribution in [-0.4, -0.2) is 9.97 Å². The monoisotopic (exact) mass is 203 g/mol. The fourth-order valence-electron chi connectivity index (χ4n) is 2.17. The van der Waals surface area contributed by atoms with Gasteiger partial charge in [0.15, 0.2) is 0 Å². The maximum absolute atomic E-state index is 4.75. The molecule has 3 heteroatoms. The van der Waals surface area contributed by atoms with E-state index in [-0.39, 0.29) is 0 Å². The molecule has 2 heterocycles. The highest BCUT2D eigenvalue weighted by molar-refractivity contribution is 5.34. The smallest absolute Gasteiger partial charge is 0.131 e. The normalized spacial score (nSPS) is 19.7. The summed E-state index contributed by atoms with van der Waals surface area (Å²) >= 11 is 0. The highest BCUT2D eigenvalue weighted by Crippen LogP contribution is 2.42. The fraction of sp³-hybridized carbons (Fsp3) is 0.667. The van der Waals surface area contributed by atoms with Crippen LogP contribution >= 0.6 is 0 Å². The van der Waals surface area contributed by atoms with E-state index in [1.165, 1.54) is 29.8 Å². The molecule has 0 spiro atoms. The van der Waals surface area contributed by atoms with E-state index in [9.17, 15) is 0 Å². The number of hydrogen-bond donors (Lipinski definition) is 1. The lowest BCUT2D eigenvalue weighted by Gasteiger charge is -2.10. The molecule has 1 aromatic rings. The minimum absolute atomic E-state index is 0.438. The molecule has 80 valence electrons. The van der Waals surface area contributed by atoms with Gasteiger partial charge in [0, 0.05) is 30.5 Å². The molecule has 0 radical (unpaired) electrons. The average Bonchev–Trinajstić information content (AvgIpc) is 2.94. The maximum atomic E-state index is 4.75. The lowest BCUT2D eigenvalue weighted by molar-refractivity contribution is 0.736. The standard InChI is InChI=1S/C12H17N3/c1-7(2)12-14-10-6-13-5-9(10)11(15-12)8-3-4-8/h7-8,13H,3-6H2,1-2H3. The molecule has 1 aliphatic heterocycles. The molecule has 0 unspecified atom stereocenters. The molecule has 15 heavy (non-hydrogen) atoms. The molecule has 2 aliphatic rings. The Morgan fingerprint density at radius 3 is 2.67 bits per heavy atom. The van der Waals surface area contributed by atoms with E-state index in [1.807, 2.05) is 0 Å². The van der Waals surface area contributed by atoms with Crippen LogP contribution in [0.4, 0.5) is 0 Å². The first-order valence-corrected chi connectivity index (χ1v) is 5.86. The average molecular weight is 203 g/mol. The van der Waals surface area contributed by atoms with Crippen LogP contribution in [0.1, 0.15) is 61.3 Å². The molecule has 1 aromatic heterocycles. The largest absolute Gasteiger partial charge is 0.307 e.